The number of hydrogen-bond acceptors (Lipinski definition) is 6. The van der Waals surface area contributed by atoms with Crippen LogP contribution in [0.4, 0.5) is 0 Å². The van der Waals surface area contributed by atoms with Crippen molar-refractivity contribution < 1.29 is 48.1 Å². The molecule has 0 spiro atoms. The van der Waals surface area contributed by atoms with Crippen LogP contribution in [0.3, 0.4) is 0 Å². The van der Waals surface area contributed by atoms with Crippen molar-refractivity contribution in [3.63, 3.8) is 0 Å². The number of benzene rings is 1. The molecule has 0 saturated carbocycles. The summed E-state index contributed by atoms with van der Waals surface area (Å²) in [5.41, 5.74) is 0.430. The monoisotopic (exact) mass is 492 g/mol. The van der Waals surface area contributed by atoms with Crippen LogP contribution in [0.2, 0.25) is 0 Å². The number of esters is 1. The van der Waals surface area contributed by atoms with Gasteiger partial charge >= 0.3 is 21.2 Å². The lowest BCUT2D eigenvalue weighted by Gasteiger charge is -2.37. The van der Waals surface area contributed by atoms with E-state index in [4.69, 9.17) is 9.47 Å². The van der Waals surface area contributed by atoms with Gasteiger partial charge in [0.05, 0.1) is 12.7 Å². The summed E-state index contributed by atoms with van der Waals surface area (Å²) in [6.07, 6.45) is 3.16. The van der Waals surface area contributed by atoms with Gasteiger partial charge in [-0.1, -0.05) is 24.5 Å². The smallest absolute Gasteiger partial charge is 0.348 e. The zero-order chi connectivity index (χ0) is 24.5. The lowest BCUT2D eigenvalue weighted by molar-refractivity contribution is 0.0532. The highest BCUT2D eigenvalue weighted by Crippen LogP contribution is 2.79. The molecule has 1 heterocycles. The van der Waals surface area contributed by atoms with E-state index in [1.807, 2.05) is 19.9 Å². The van der Waals surface area contributed by atoms with Crippen molar-refractivity contribution in [3.8, 4) is 11.5 Å². The van der Waals surface area contributed by atoms with Crippen LogP contribution in [-0.2, 0) is 25.4 Å². The summed E-state index contributed by atoms with van der Waals surface area (Å²) in [5.74, 6) is -2.19. The van der Waals surface area contributed by atoms with E-state index in [9.17, 15) is 38.6 Å². The lowest BCUT2D eigenvalue weighted by atomic mass is 9.93. The Hall–Kier alpha value is -1.67. The second kappa shape index (κ2) is 9.67. The molecule has 5 N–H and O–H groups in total. The number of allylic oxidation sites excluding steroid dienone is 2. The number of unbranched alkanes of at least 4 members (excludes halogenated alkanes) is 2. The Morgan fingerprint density at radius 2 is 1.75 bits per heavy atom. The molecule has 0 fully saturated rings. The molecule has 10 nitrogen and oxygen atoms in total. The summed E-state index contributed by atoms with van der Waals surface area (Å²) in [5, 5.41) is 10.9. The molecule has 1 aliphatic heterocycles. The Balaban J connectivity index is 2.73. The maximum atomic E-state index is 12.7. The van der Waals surface area contributed by atoms with Crippen LogP contribution >= 0.6 is 15.2 Å². The van der Waals surface area contributed by atoms with E-state index in [0.717, 1.165) is 19.1 Å². The number of cyclic esters (lactones) is 1. The highest BCUT2D eigenvalue weighted by Gasteiger charge is 2.64. The van der Waals surface area contributed by atoms with Crippen LogP contribution in [0.25, 0.3) is 0 Å². The van der Waals surface area contributed by atoms with Crippen LogP contribution in [0.15, 0.2) is 11.6 Å². The third-order valence-electron chi connectivity index (χ3n) is 6.00. The second-order valence-electron chi connectivity index (χ2n) is 7.91. The number of hydrogen-bond donors (Lipinski definition) is 5. The minimum atomic E-state index is -5.62. The fraction of sp³-hybridized carbons (Fsp3) is 0.550. The SMILES string of the molecule is CC=C(C)CCCCCC(c1c(O)c2c(c(C)c1OC)COC2=O)(P(=O)(O)O)P(=O)(O)O. The summed E-state index contributed by atoms with van der Waals surface area (Å²) >= 11 is 0. The van der Waals surface area contributed by atoms with Gasteiger partial charge in [0.2, 0.25) is 4.90 Å². The van der Waals surface area contributed by atoms with Crippen molar-refractivity contribution >= 4 is 21.2 Å². The first kappa shape index (κ1) is 26.6. The van der Waals surface area contributed by atoms with Crippen molar-refractivity contribution in [3.05, 3.63) is 33.9 Å². The van der Waals surface area contributed by atoms with Crippen molar-refractivity contribution in [2.24, 2.45) is 0 Å². The fourth-order valence-electron chi connectivity index (χ4n) is 4.10. The van der Waals surface area contributed by atoms with E-state index in [-0.39, 0.29) is 35.5 Å². The summed E-state index contributed by atoms with van der Waals surface area (Å²) in [7, 11) is -10.1. The number of carbonyl (C=O) groups is 1. The Morgan fingerprint density at radius 3 is 2.25 bits per heavy atom. The van der Waals surface area contributed by atoms with E-state index in [0.29, 0.717) is 12.8 Å². The third-order valence-corrected chi connectivity index (χ3v) is 10.4. The van der Waals surface area contributed by atoms with Gasteiger partial charge < -0.3 is 34.2 Å². The standard InChI is InChI=1S/C20H30O10P2/c1-5-12(2)9-7-6-8-10-20(31(23,24)25,32(26,27)28)16-17(21)15-14(11-30-19(15)22)13(3)18(16)29-4/h5,21H,6-11H2,1-4H3,(H2,23,24,25)(H2,26,27,28). The van der Waals surface area contributed by atoms with Gasteiger partial charge in [-0.05, 0) is 45.6 Å². The maximum Gasteiger partial charge on any atom is 0.348 e. The topological polar surface area (TPSA) is 171 Å². The summed E-state index contributed by atoms with van der Waals surface area (Å²) in [6, 6.07) is 0. The molecule has 180 valence electrons. The number of carbonyl (C=O) groups excluding carboxylic acids is 1. The van der Waals surface area contributed by atoms with Crippen molar-refractivity contribution in [2.75, 3.05) is 7.11 Å². The Morgan fingerprint density at radius 1 is 1.16 bits per heavy atom. The average Bonchev–Trinajstić information content (AvgIpc) is 3.07. The maximum absolute atomic E-state index is 12.7. The van der Waals surface area contributed by atoms with Crippen LogP contribution in [0.5, 0.6) is 11.5 Å². The molecule has 0 unspecified atom stereocenters. The molecule has 0 aromatic heterocycles. The minimum absolute atomic E-state index is 0.0520. The molecule has 1 aromatic carbocycles. The molecule has 0 saturated heterocycles. The number of phenolic OH excluding ortho intramolecular Hbond substituents is 1. The first-order valence-corrected chi connectivity index (χ1v) is 13.3. The first-order valence-electron chi connectivity index (χ1n) is 10.1. The average molecular weight is 492 g/mol. The van der Waals surface area contributed by atoms with Crippen molar-refractivity contribution in [1.82, 2.24) is 0 Å². The zero-order valence-electron chi connectivity index (χ0n) is 18.5. The Labute approximate surface area is 186 Å². The van der Waals surface area contributed by atoms with Crippen molar-refractivity contribution in [2.45, 2.75) is 64.4 Å². The number of rotatable bonds is 10. The molecule has 1 aliphatic rings. The van der Waals surface area contributed by atoms with E-state index >= 15 is 0 Å². The molecule has 0 radical (unpaired) electrons. The molecule has 1 aromatic rings. The molecule has 12 heteroatoms. The quantitative estimate of drug-likeness (QED) is 0.140. The van der Waals surface area contributed by atoms with Gasteiger partial charge in [0, 0.05) is 5.56 Å². The van der Waals surface area contributed by atoms with Crippen molar-refractivity contribution in [1.29, 1.82) is 0 Å². The third kappa shape index (κ3) is 4.53. The van der Waals surface area contributed by atoms with Gasteiger partial charge in [-0.15, -0.1) is 0 Å². The van der Waals surface area contributed by atoms with Crippen LogP contribution in [0.1, 0.15) is 73.0 Å². The number of fused-ring (bicyclic) bond motifs is 1. The molecule has 0 aliphatic carbocycles. The van der Waals surface area contributed by atoms with Crippen LogP contribution in [-0.4, -0.2) is 37.8 Å². The molecular formula is C20H30O10P2. The molecule has 2 rings (SSSR count). The zero-order valence-corrected chi connectivity index (χ0v) is 20.3. The molecular weight excluding hydrogens is 462 g/mol. The van der Waals surface area contributed by atoms with Gasteiger partial charge in [-0.25, -0.2) is 4.79 Å². The molecule has 32 heavy (non-hydrogen) atoms. The normalized spacial score (nSPS) is 15.0. The number of ether oxygens (including phenoxy) is 2. The van der Waals surface area contributed by atoms with Gasteiger partial charge in [0.15, 0.2) is 0 Å². The van der Waals surface area contributed by atoms with E-state index in [1.165, 1.54) is 6.92 Å². The van der Waals surface area contributed by atoms with E-state index in [1.54, 1.807) is 0 Å². The highest BCUT2D eigenvalue weighted by atomic mass is 31.2. The first-order chi connectivity index (χ1) is 14.7. The van der Waals surface area contributed by atoms with E-state index < -0.39 is 43.8 Å². The van der Waals surface area contributed by atoms with Gasteiger partial charge in [-0.2, -0.15) is 0 Å². The van der Waals surface area contributed by atoms with Gasteiger partial charge in [0.25, 0.3) is 0 Å². The Bertz CT molecular complexity index is 996. The van der Waals surface area contributed by atoms with Gasteiger partial charge in [-0.3, -0.25) is 9.13 Å². The number of methoxy groups -OCH3 is 1. The highest BCUT2D eigenvalue weighted by molar-refractivity contribution is 7.71. The van der Waals surface area contributed by atoms with Crippen LogP contribution < -0.4 is 4.74 Å². The largest absolute Gasteiger partial charge is 0.507 e. The molecule has 0 bridgehead atoms. The minimum Gasteiger partial charge on any atom is -0.507 e. The van der Waals surface area contributed by atoms with Crippen LogP contribution in [0, 0.1) is 6.92 Å². The number of phenols is 1. The van der Waals surface area contributed by atoms with Gasteiger partial charge in [0.1, 0.15) is 23.7 Å². The Kier molecular flexibility index (Phi) is 8.04. The summed E-state index contributed by atoms with van der Waals surface area (Å²) in [4.78, 5) is 50.2. The predicted molar refractivity (Wildman–Crippen MR) is 117 cm³/mol. The summed E-state index contributed by atoms with van der Waals surface area (Å²) in [6.45, 7) is 5.09. The predicted octanol–water partition coefficient (Wildman–Crippen LogP) is 3.80. The molecule has 0 amide bonds. The lowest BCUT2D eigenvalue weighted by Crippen LogP contribution is -2.28. The number of aromatic hydroxyl groups is 1. The fourth-order valence-corrected chi connectivity index (χ4v) is 7.35. The summed E-state index contributed by atoms with van der Waals surface area (Å²) < 4.78 is 35.7. The van der Waals surface area contributed by atoms with E-state index in [2.05, 4.69) is 0 Å². The molecule has 0 atom stereocenters. The second-order valence-corrected chi connectivity index (χ2v) is 12.0.